The van der Waals surface area contributed by atoms with Gasteiger partial charge in [0.2, 0.25) is 5.88 Å². The number of carbonyl (C=O) groups excluding carboxylic acids is 1. The van der Waals surface area contributed by atoms with Gasteiger partial charge in [0.25, 0.3) is 0 Å². The van der Waals surface area contributed by atoms with Crippen LogP contribution in [0.15, 0.2) is 42.3 Å². The third-order valence-corrected chi connectivity index (χ3v) is 5.49. The van der Waals surface area contributed by atoms with Gasteiger partial charge in [-0.05, 0) is 63.4 Å². The van der Waals surface area contributed by atoms with E-state index in [0.717, 1.165) is 5.56 Å². The number of hydrogen-bond acceptors (Lipinski definition) is 6. The molecule has 2 aromatic heterocycles. The first-order chi connectivity index (χ1) is 14.5. The van der Waals surface area contributed by atoms with Crippen LogP contribution in [0.3, 0.4) is 0 Å². The summed E-state index contributed by atoms with van der Waals surface area (Å²) in [6, 6.07) is 8.89. The molecule has 0 bridgehead atoms. The second-order valence-electron chi connectivity index (χ2n) is 8.49. The largest absolute Gasteiger partial charge is 0.508 e. The molecule has 1 N–H and O–H groups in total. The van der Waals surface area contributed by atoms with Gasteiger partial charge in [0.05, 0.1) is 11.8 Å². The number of Topliss-reactive ketones (excluding diaryl/α,β-unsaturated/α-hetero) is 1. The van der Waals surface area contributed by atoms with Gasteiger partial charge in [0, 0.05) is 6.07 Å². The van der Waals surface area contributed by atoms with Gasteiger partial charge in [-0.3, -0.25) is 4.79 Å². The molecule has 31 heavy (non-hydrogen) atoms. The lowest BCUT2D eigenvalue weighted by Gasteiger charge is -2.40. The van der Waals surface area contributed by atoms with Crippen LogP contribution in [-0.4, -0.2) is 36.7 Å². The maximum atomic E-state index is 13.2. The Morgan fingerprint density at radius 3 is 2.61 bits per heavy atom. The average molecular weight is 442 g/mol. The summed E-state index contributed by atoms with van der Waals surface area (Å²) in [6.45, 7) is 8.92. The van der Waals surface area contributed by atoms with Crippen LogP contribution < -0.4 is 4.74 Å². The van der Waals surface area contributed by atoms with Crippen molar-refractivity contribution in [2.75, 3.05) is 0 Å². The van der Waals surface area contributed by atoms with Crippen molar-refractivity contribution in [3.8, 4) is 11.6 Å². The number of hydrogen-bond donors (Lipinski definition) is 1. The maximum absolute atomic E-state index is 13.2. The summed E-state index contributed by atoms with van der Waals surface area (Å²) in [5, 5.41) is 15.6. The quantitative estimate of drug-likeness (QED) is 0.601. The highest BCUT2D eigenvalue weighted by atomic mass is 35.5. The van der Waals surface area contributed by atoms with E-state index in [9.17, 15) is 9.90 Å². The summed E-state index contributed by atoms with van der Waals surface area (Å²) in [5.74, 6) is 0.467. The molecule has 1 aliphatic rings. The molecule has 8 heteroatoms. The average Bonchev–Trinajstić information content (AvgIpc) is 3.06. The molecule has 0 saturated heterocycles. The molecule has 0 spiro atoms. The van der Waals surface area contributed by atoms with Crippen molar-refractivity contribution in [1.82, 2.24) is 14.6 Å². The number of carbonyl (C=O) groups is 1. The fraction of sp³-hybridized carbons (Fsp3) is 0.348. The van der Waals surface area contributed by atoms with E-state index >= 15 is 0 Å². The number of fused-ring (bicyclic) bond motifs is 1. The van der Waals surface area contributed by atoms with Crippen LogP contribution in [0.2, 0.25) is 5.15 Å². The lowest BCUT2D eigenvalue weighted by Crippen LogP contribution is -2.49. The highest BCUT2D eigenvalue weighted by Gasteiger charge is 2.47. The molecule has 162 valence electrons. The molecule has 0 unspecified atom stereocenters. The van der Waals surface area contributed by atoms with Crippen LogP contribution in [0, 0.1) is 0 Å². The Hall–Kier alpha value is -2.90. The zero-order valence-corrected chi connectivity index (χ0v) is 18.8. The molecular weight excluding hydrogens is 418 g/mol. The number of nitrogens with zero attached hydrogens (tertiary/aromatic N) is 3. The minimum absolute atomic E-state index is 0.0868. The van der Waals surface area contributed by atoms with Crippen LogP contribution in [-0.2, 0) is 16.0 Å². The van der Waals surface area contributed by atoms with Crippen molar-refractivity contribution in [2.45, 2.75) is 52.2 Å². The maximum Gasteiger partial charge on any atom is 0.237 e. The van der Waals surface area contributed by atoms with Crippen molar-refractivity contribution in [3.63, 3.8) is 0 Å². The number of aromatic nitrogens is 3. The first kappa shape index (κ1) is 21.3. The van der Waals surface area contributed by atoms with Gasteiger partial charge in [-0.15, -0.1) is 5.10 Å². The molecule has 0 radical (unpaired) electrons. The van der Waals surface area contributed by atoms with E-state index in [1.165, 1.54) is 4.52 Å². The summed E-state index contributed by atoms with van der Waals surface area (Å²) >= 11 is 5.93. The standard InChI is InChI=1S/C23H24ClN3O4/c1-6-13-7-8-14(30-18-10-9-17-25-16(24)12-27(17)26-18)11-15(13)19-20(28)22(2,3)31-23(4,5)21(19)29/h7-12,28H,6H2,1-5H3. The summed E-state index contributed by atoms with van der Waals surface area (Å²) in [4.78, 5) is 17.3. The van der Waals surface area contributed by atoms with Crippen LogP contribution in [0.25, 0.3) is 11.2 Å². The predicted octanol–water partition coefficient (Wildman–Crippen LogP) is 5.16. The monoisotopic (exact) mass is 441 g/mol. The van der Waals surface area contributed by atoms with Crippen LogP contribution in [0.4, 0.5) is 0 Å². The molecule has 1 aromatic carbocycles. The summed E-state index contributed by atoms with van der Waals surface area (Å²) in [5.41, 5.74) is 0.335. The number of aliphatic hydroxyl groups excluding tert-OH is 1. The fourth-order valence-electron chi connectivity index (χ4n) is 3.86. The van der Waals surface area contributed by atoms with Crippen molar-refractivity contribution in [2.24, 2.45) is 0 Å². The second kappa shape index (κ2) is 7.35. The normalized spacial score (nSPS) is 17.9. The predicted molar refractivity (Wildman–Crippen MR) is 118 cm³/mol. The SMILES string of the molecule is CCc1ccc(Oc2ccc3nc(Cl)cn3n2)cc1C1=C(O)C(C)(C)OC(C)(C)C1=O. The molecule has 0 fully saturated rings. The molecule has 7 nitrogen and oxygen atoms in total. The van der Waals surface area contributed by atoms with Crippen LogP contribution in [0.5, 0.6) is 11.6 Å². The van der Waals surface area contributed by atoms with Gasteiger partial charge in [-0.25, -0.2) is 9.50 Å². The third-order valence-electron chi connectivity index (χ3n) is 5.31. The minimum Gasteiger partial charge on any atom is -0.508 e. The Bertz CT molecular complexity index is 1230. The number of rotatable bonds is 4. The molecule has 0 atom stereocenters. The molecule has 0 aliphatic carbocycles. The van der Waals surface area contributed by atoms with E-state index in [4.69, 9.17) is 21.1 Å². The van der Waals surface area contributed by atoms with Gasteiger partial charge in [0.15, 0.2) is 11.4 Å². The number of benzene rings is 1. The second-order valence-corrected chi connectivity index (χ2v) is 8.88. The molecule has 3 heterocycles. The molecule has 0 saturated carbocycles. The fourth-order valence-corrected chi connectivity index (χ4v) is 4.04. The summed E-state index contributed by atoms with van der Waals surface area (Å²) in [6.07, 6.45) is 2.27. The third kappa shape index (κ3) is 3.79. The van der Waals surface area contributed by atoms with E-state index < -0.39 is 11.2 Å². The van der Waals surface area contributed by atoms with E-state index in [2.05, 4.69) is 10.1 Å². The lowest BCUT2D eigenvalue weighted by molar-refractivity contribution is -0.158. The first-order valence-corrected chi connectivity index (χ1v) is 10.4. The molecule has 3 aromatic rings. The molecule has 4 rings (SSSR count). The van der Waals surface area contributed by atoms with Crippen molar-refractivity contribution < 1.29 is 19.4 Å². The van der Waals surface area contributed by atoms with Crippen molar-refractivity contribution >= 4 is 28.6 Å². The molecule has 1 aliphatic heterocycles. The number of aliphatic hydroxyl groups is 1. The first-order valence-electron chi connectivity index (χ1n) is 10.0. The number of ketones is 1. The number of halogens is 1. The van der Waals surface area contributed by atoms with E-state index in [1.807, 2.05) is 19.1 Å². The zero-order chi connectivity index (χ0) is 22.6. The highest BCUT2D eigenvalue weighted by Crippen LogP contribution is 2.41. The van der Waals surface area contributed by atoms with Gasteiger partial charge in [0.1, 0.15) is 27.9 Å². The Morgan fingerprint density at radius 1 is 1.16 bits per heavy atom. The summed E-state index contributed by atoms with van der Waals surface area (Å²) in [7, 11) is 0. The smallest absolute Gasteiger partial charge is 0.237 e. The van der Waals surface area contributed by atoms with Crippen molar-refractivity contribution in [1.29, 1.82) is 0 Å². The van der Waals surface area contributed by atoms with E-state index in [-0.39, 0.29) is 17.1 Å². The minimum atomic E-state index is -1.07. The van der Waals surface area contributed by atoms with Gasteiger partial charge in [-0.2, -0.15) is 0 Å². The van der Waals surface area contributed by atoms with Gasteiger partial charge >= 0.3 is 0 Å². The van der Waals surface area contributed by atoms with Gasteiger partial charge < -0.3 is 14.6 Å². The Balaban J connectivity index is 1.79. The topological polar surface area (TPSA) is 86.0 Å². The van der Waals surface area contributed by atoms with Crippen LogP contribution in [0.1, 0.15) is 45.7 Å². The number of aryl methyl sites for hydroxylation is 1. The van der Waals surface area contributed by atoms with Gasteiger partial charge in [-0.1, -0.05) is 24.6 Å². The summed E-state index contributed by atoms with van der Waals surface area (Å²) < 4.78 is 13.3. The Kier molecular flexibility index (Phi) is 5.06. The lowest BCUT2D eigenvalue weighted by atomic mass is 9.81. The molecule has 0 amide bonds. The van der Waals surface area contributed by atoms with E-state index in [1.54, 1.807) is 52.1 Å². The Labute approximate surface area is 185 Å². The number of ether oxygens (including phenoxy) is 2. The zero-order valence-electron chi connectivity index (χ0n) is 18.1. The Morgan fingerprint density at radius 2 is 1.90 bits per heavy atom. The molecular formula is C23H24ClN3O4. The number of imidazole rings is 1. The van der Waals surface area contributed by atoms with E-state index in [0.29, 0.717) is 34.4 Å². The van der Waals surface area contributed by atoms with Crippen molar-refractivity contribution in [3.05, 3.63) is 58.6 Å². The van der Waals surface area contributed by atoms with Crippen LogP contribution >= 0.6 is 11.6 Å². The highest BCUT2D eigenvalue weighted by molar-refractivity contribution is 6.29.